The van der Waals surface area contributed by atoms with E-state index in [4.69, 9.17) is 15.3 Å². The van der Waals surface area contributed by atoms with Crippen LogP contribution < -0.4 is 20.7 Å². The molecule has 21 heavy (non-hydrogen) atoms. The number of nitrogens with one attached hydrogen (secondary N) is 1. The van der Waals surface area contributed by atoms with E-state index < -0.39 is 0 Å². The first kappa shape index (κ1) is 15.8. The maximum Gasteiger partial charge on any atom is 0.127 e. The molecule has 0 saturated heterocycles. The third kappa shape index (κ3) is 3.72. The van der Waals surface area contributed by atoms with Gasteiger partial charge >= 0.3 is 0 Å². The van der Waals surface area contributed by atoms with Crippen LogP contribution in [0, 0.1) is 0 Å². The number of hydrazine groups is 1. The Labute approximate surface area is 132 Å². The maximum atomic E-state index is 5.73. The van der Waals surface area contributed by atoms with Gasteiger partial charge in [-0.05, 0) is 40.2 Å². The number of benzene rings is 1. The molecule has 0 spiro atoms. The molecule has 0 fully saturated rings. The largest absolute Gasteiger partial charge is 0.496 e. The van der Waals surface area contributed by atoms with Gasteiger partial charge in [0, 0.05) is 22.8 Å². The number of halogens is 1. The molecule has 0 radical (unpaired) electrons. The molecule has 3 N–H and O–H groups in total. The Morgan fingerprint density at radius 3 is 2.33 bits per heavy atom. The summed E-state index contributed by atoms with van der Waals surface area (Å²) in [6, 6.07) is 9.40. The Morgan fingerprint density at radius 2 is 1.86 bits per heavy atom. The SMILES string of the molecule is COc1cccc(OC)c1C(Cc1ccc(Br)cn1)NN. The quantitative estimate of drug-likeness (QED) is 0.618. The molecule has 0 aliphatic carbocycles. The molecule has 2 rings (SSSR count). The number of hydrogen-bond acceptors (Lipinski definition) is 5. The summed E-state index contributed by atoms with van der Waals surface area (Å²) in [6.45, 7) is 0. The van der Waals surface area contributed by atoms with E-state index in [1.165, 1.54) is 0 Å². The fourth-order valence-corrected chi connectivity index (χ4v) is 2.44. The normalized spacial score (nSPS) is 12.0. The van der Waals surface area contributed by atoms with Crippen LogP contribution in [0.1, 0.15) is 17.3 Å². The van der Waals surface area contributed by atoms with Gasteiger partial charge in [0.1, 0.15) is 11.5 Å². The molecule has 2 aromatic rings. The lowest BCUT2D eigenvalue weighted by molar-refractivity contribution is 0.370. The number of ether oxygens (including phenoxy) is 2. The van der Waals surface area contributed by atoms with Crippen LogP contribution in [0.15, 0.2) is 41.0 Å². The Morgan fingerprint density at radius 1 is 1.19 bits per heavy atom. The molecule has 1 atom stereocenters. The van der Waals surface area contributed by atoms with Gasteiger partial charge in [-0.1, -0.05) is 6.07 Å². The molecule has 0 bridgehead atoms. The van der Waals surface area contributed by atoms with Crippen LogP contribution in [-0.4, -0.2) is 19.2 Å². The molecule has 0 amide bonds. The maximum absolute atomic E-state index is 5.73. The van der Waals surface area contributed by atoms with Crippen LogP contribution in [0.4, 0.5) is 0 Å². The number of hydrogen-bond donors (Lipinski definition) is 2. The summed E-state index contributed by atoms with van der Waals surface area (Å²) in [5.41, 5.74) is 4.63. The van der Waals surface area contributed by atoms with Crippen molar-refractivity contribution in [1.29, 1.82) is 0 Å². The van der Waals surface area contributed by atoms with Gasteiger partial charge in [0.25, 0.3) is 0 Å². The number of nitrogens with zero attached hydrogens (tertiary/aromatic N) is 1. The highest BCUT2D eigenvalue weighted by atomic mass is 79.9. The van der Waals surface area contributed by atoms with E-state index in [0.29, 0.717) is 6.42 Å². The van der Waals surface area contributed by atoms with E-state index in [2.05, 4.69) is 26.3 Å². The topological polar surface area (TPSA) is 69.4 Å². The zero-order valence-electron chi connectivity index (χ0n) is 12.0. The van der Waals surface area contributed by atoms with Gasteiger partial charge in [0.2, 0.25) is 0 Å². The fraction of sp³-hybridized carbons (Fsp3) is 0.267. The average molecular weight is 352 g/mol. The van der Waals surface area contributed by atoms with E-state index >= 15 is 0 Å². The minimum absolute atomic E-state index is 0.162. The third-order valence-corrected chi connectivity index (χ3v) is 3.69. The first-order chi connectivity index (χ1) is 10.2. The summed E-state index contributed by atoms with van der Waals surface area (Å²) in [7, 11) is 3.26. The van der Waals surface area contributed by atoms with Crippen molar-refractivity contribution >= 4 is 15.9 Å². The predicted molar refractivity (Wildman–Crippen MR) is 85.3 cm³/mol. The van der Waals surface area contributed by atoms with Crippen molar-refractivity contribution in [2.75, 3.05) is 14.2 Å². The molecular weight excluding hydrogens is 334 g/mol. The van der Waals surface area contributed by atoms with Gasteiger partial charge in [-0.2, -0.15) is 0 Å². The average Bonchev–Trinajstić information content (AvgIpc) is 2.53. The predicted octanol–water partition coefficient (Wildman–Crippen LogP) is 2.61. The molecule has 112 valence electrons. The summed E-state index contributed by atoms with van der Waals surface area (Å²) < 4.78 is 11.8. The highest BCUT2D eigenvalue weighted by Gasteiger charge is 2.20. The molecule has 1 heterocycles. The van der Waals surface area contributed by atoms with Crippen molar-refractivity contribution < 1.29 is 9.47 Å². The van der Waals surface area contributed by atoms with Crippen molar-refractivity contribution in [2.45, 2.75) is 12.5 Å². The summed E-state index contributed by atoms with van der Waals surface area (Å²) in [6.07, 6.45) is 2.39. The van der Waals surface area contributed by atoms with E-state index in [-0.39, 0.29) is 6.04 Å². The summed E-state index contributed by atoms with van der Waals surface area (Å²) in [5, 5.41) is 0. The zero-order valence-corrected chi connectivity index (χ0v) is 13.6. The second-order valence-electron chi connectivity index (χ2n) is 4.47. The van der Waals surface area contributed by atoms with Crippen LogP contribution in [-0.2, 0) is 6.42 Å². The zero-order chi connectivity index (χ0) is 15.2. The minimum Gasteiger partial charge on any atom is -0.496 e. The first-order valence-corrected chi connectivity index (χ1v) is 7.26. The summed E-state index contributed by atoms with van der Waals surface area (Å²) >= 11 is 3.38. The molecule has 0 aliphatic heterocycles. The smallest absolute Gasteiger partial charge is 0.127 e. The monoisotopic (exact) mass is 351 g/mol. The standard InChI is InChI=1S/C15H18BrN3O2/c1-20-13-4-3-5-14(21-2)15(13)12(19-17)8-11-7-6-10(16)9-18-11/h3-7,9,12,19H,8,17H2,1-2H3. The van der Waals surface area contributed by atoms with Crippen LogP contribution in [0.25, 0.3) is 0 Å². The molecule has 0 aliphatic rings. The molecule has 6 heteroatoms. The second-order valence-corrected chi connectivity index (χ2v) is 5.38. The summed E-state index contributed by atoms with van der Waals surface area (Å²) in [4.78, 5) is 4.38. The summed E-state index contributed by atoms with van der Waals surface area (Å²) in [5.74, 6) is 7.19. The highest BCUT2D eigenvalue weighted by molar-refractivity contribution is 9.10. The van der Waals surface area contributed by atoms with Crippen molar-refractivity contribution in [3.63, 3.8) is 0 Å². The number of aromatic nitrogens is 1. The van der Waals surface area contributed by atoms with Gasteiger partial charge in [-0.25, -0.2) is 0 Å². The van der Waals surface area contributed by atoms with E-state index in [1.807, 2.05) is 30.3 Å². The van der Waals surface area contributed by atoms with Crippen LogP contribution in [0.5, 0.6) is 11.5 Å². The fourth-order valence-electron chi connectivity index (χ4n) is 2.20. The Bertz CT molecular complexity index is 568. The lowest BCUT2D eigenvalue weighted by atomic mass is 10.00. The van der Waals surface area contributed by atoms with Gasteiger partial charge < -0.3 is 9.47 Å². The van der Waals surface area contributed by atoms with Gasteiger partial charge in [-0.3, -0.25) is 16.3 Å². The second kappa shape index (κ2) is 7.40. The molecule has 1 unspecified atom stereocenters. The lowest BCUT2D eigenvalue weighted by Crippen LogP contribution is -2.30. The van der Waals surface area contributed by atoms with E-state index in [1.54, 1.807) is 20.4 Å². The van der Waals surface area contributed by atoms with Crippen LogP contribution in [0.3, 0.4) is 0 Å². The van der Waals surface area contributed by atoms with Gasteiger partial charge in [0.05, 0.1) is 25.8 Å². The first-order valence-electron chi connectivity index (χ1n) is 6.47. The van der Waals surface area contributed by atoms with Gasteiger partial charge in [-0.15, -0.1) is 0 Å². The van der Waals surface area contributed by atoms with Crippen LogP contribution in [0.2, 0.25) is 0 Å². The number of pyridine rings is 1. The van der Waals surface area contributed by atoms with E-state index in [9.17, 15) is 0 Å². The molecule has 0 saturated carbocycles. The number of nitrogens with two attached hydrogens (primary N) is 1. The minimum atomic E-state index is -0.162. The molecular formula is C15H18BrN3O2. The highest BCUT2D eigenvalue weighted by Crippen LogP contribution is 2.35. The Kier molecular flexibility index (Phi) is 5.55. The van der Waals surface area contributed by atoms with Crippen molar-refractivity contribution in [3.8, 4) is 11.5 Å². The van der Waals surface area contributed by atoms with Crippen molar-refractivity contribution in [3.05, 3.63) is 52.3 Å². The molecule has 1 aromatic heterocycles. The van der Waals surface area contributed by atoms with Gasteiger partial charge in [0.15, 0.2) is 0 Å². The molecule has 1 aromatic carbocycles. The number of methoxy groups -OCH3 is 2. The van der Waals surface area contributed by atoms with E-state index in [0.717, 1.165) is 27.2 Å². The van der Waals surface area contributed by atoms with Crippen LogP contribution >= 0.6 is 15.9 Å². The Hall–Kier alpha value is -1.63. The number of rotatable bonds is 6. The Balaban J connectivity index is 2.34. The molecule has 5 nitrogen and oxygen atoms in total. The van der Waals surface area contributed by atoms with Crippen molar-refractivity contribution in [1.82, 2.24) is 10.4 Å². The third-order valence-electron chi connectivity index (χ3n) is 3.22. The lowest BCUT2D eigenvalue weighted by Gasteiger charge is -2.21. The van der Waals surface area contributed by atoms with Crippen molar-refractivity contribution in [2.24, 2.45) is 5.84 Å².